The summed E-state index contributed by atoms with van der Waals surface area (Å²) < 4.78 is 74.0. The van der Waals surface area contributed by atoms with Crippen LogP contribution in [0.3, 0.4) is 0 Å². The molecule has 2 nitrogen and oxygen atoms in total. The molecule has 0 spiro atoms. The zero-order valence-corrected chi connectivity index (χ0v) is 8.86. The largest absolute Gasteiger partial charge is 0.478 e. The lowest BCUT2D eigenvalue weighted by atomic mass is 9.96. The molecule has 8 heteroatoms. The van der Waals surface area contributed by atoms with Crippen molar-refractivity contribution in [1.82, 2.24) is 0 Å². The van der Waals surface area contributed by atoms with Gasteiger partial charge in [0, 0.05) is 11.5 Å². The molecule has 2 unspecified atom stereocenters. The minimum atomic E-state index is -5.69. The fraction of sp³-hybridized carbons (Fsp3) is 0.667. The predicted molar refractivity (Wildman–Crippen MR) is 46.5 cm³/mol. The number of carboxylic acids is 1. The van der Waals surface area contributed by atoms with Crippen molar-refractivity contribution in [3.8, 4) is 0 Å². The van der Waals surface area contributed by atoms with Crippen LogP contribution in [0.4, 0.5) is 26.3 Å². The number of rotatable bonds is 4. The topological polar surface area (TPSA) is 37.3 Å². The molecule has 0 bridgehead atoms. The predicted octanol–water partition coefficient (Wildman–Crippen LogP) is 3.19. The molecule has 17 heavy (non-hydrogen) atoms. The molecule has 0 saturated carbocycles. The van der Waals surface area contributed by atoms with Crippen LogP contribution in [0.5, 0.6) is 0 Å². The number of halogens is 6. The summed E-state index contributed by atoms with van der Waals surface area (Å²) in [6.07, 6.45) is -9.63. The lowest BCUT2D eigenvalue weighted by Crippen LogP contribution is -2.45. The number of hydrogen-bond donors (Lipinski definition) is 1. The summed E-state index contributed by atoms with van der Waals surface area (Å²) in [6, 6.07) is 0. The van der Waals surface area contributed by atoms with Crippen LogP contribution in [-0.4, -0.2) is 29.3 Å². The van der Waals surface area contributed by atoms with Gasteiger partial charge in [-0.3, -0.25) is 0 Å². The van der Waals surface area contributed by atoms with Crippen LogP contribution in [0.2, 0.25) is 0 Å². The molecular formula is C9H10F6O2. The zero-order chi connectivity index (χ0) is 14.0. The quantitative estimate of drug-likeness (QED) is 0.625. The highest BCUT2D eigenvalue weighted by Gasteiger charge is 2.58. The Bertz CT molecular complexity index is 320. The third-order valence-electron chi connectivity index (χ3n) is 2.07. The Hall–Kier alpha value is -1.21. The second kappa shape index (κ2) is 4.97. The molecule has 0 saturated heterocycles. The van der Waals surface area contributed by atoms with Crippen molar-refractivity contribution in [2.24, 2.45) is 5.92 Å². The average Bonchev–Trinajstić information content (AvgIpc) is 2.14. The molecule has 0 aromatic carbocycles. The summed E-state index contributed by atoms with van der Waals surface area (Å²) in [7, 11) is 0. The van der Waals surface area contributed by atoms with Gasteiger partial charge < -0.3 is 5.11 Å². The number of carbonyl (C=O) groups is 1. The minimum absolute atomic E-state index is 0.390. The molecule has 0 aliphatic carbocycles. The molecule has 1 N–H and O–H groups in total. The molecule has 0 fully saturated rings. The Morgan fingerprint density at radius 3 is 1.94 bits per heavy atom. The van der Waals surface area contributed by atoms with Crippen molar-refractivity contribution in [1.29, 1.82) is 0 Å². The summed E-state index contributed by atoms with van der Waals surface area (Å²) in [4.78, 5) is 10.3. The minimum Gasteiger partial charge on any atom is -0.478 e. The van der Waals surface area contributed by atoms with E-state index in [1.807, 2.05) is 0 Å². The maximum atomic E-state index is 13.0. The van der Waals surface area contributed by atoms with E-state index in [4.69, 9.17) is 5.11 Å². The first-order valence-corrected chi connectivity index (χ1v) is 4.41. The molecule has 2 atom stereocenters. The van der Waals surface area contributed by atoms with E-state index in [1.165, 1.54) is 0 Å². The second-order valence-corrected chi connectivity index (χ2v) is 3.52. The fourth-order valence-corrected chi connectivity index (χ4v) is 1.01. The van der Waals surface area contributed by atoms with Gasteiger partial charge in [0.25, 0.3) is 12.1 Å². The number of alkyl halides is 6. The molecule has 0 aliphatic rings. The van der Waals surface area contributed by atoms with Crippen LogP contribution in [0.25, 0.3) is 0 Å². The van der Waals surface area contributed by atoms with Crippen molar-refractivity contribution in [3.05, 3.63) is 11.6 Å². The van der Waals surface area contributed by atoms with Crippen LogP contribution in [0, 0.1) is 5.92 Å². The third-order valence-corrected chi connectivity index (χ3v) is 2.07. The van der Waals surface area contributed by atoms with E-state index in [0.717, 1.165) is 6.92 Å². The molecule has 0 rings (SSSR count). The van der Waals surface area contributed by atoms with Crippen LogP contribution < -0.4 is 0 Å². The second-order valence-electron chi connectivity index (χ2n) is 3.52. The Morgan fingerprint density at radius 2 is 1.65 bits per heavy atom. The lowest BCUT2D eigenvalue weighted by molar-refractivity contribution is -0.252. The number of allylic oxidation sites excluding steroid dienone is 1. The Balaban J connectivity index is 5.07. The van der Waals surface area contributed by atoms with Crippen molar-refractivity contribution in [2.45, 2.75) is 32.1 Å². The molecular weight excluding hydrogens is 254 g/mol. The van der Waals surface area contributed by atoms with Gasteiger partial charge in [-0.2, -0.15) is 13.2 Å². The highest BCUT2D eigenvalue weighted by atomic mass is 19.4. The summed E-state index contributed by atoms with van der Waals surface area (Å²) in [6.45, 7) is 1.54. The first kappa shape index (κ1) is 15.8. The Labute approximate surface area is 92.9 Å². The molecule has 0 radical (unpaired) electrons. The monoisotopic (exact) mass is 264 g/mol. The highest BCUT2D eigenvalue weighted by molar-refractivity contribution is 5.85. The van der Waals surface area contributed by atoms with Gasteiger partial charge in [0.1, 0.15) is 0 Å². The van der Waals surface area contributed by atoms with Gasteiger partial charge in [0.05, 0.1) is 0 Å². The Kier molecular flexibility index (Phi) is 4.62. The molecule has 0 amide bonds. The molecule has 0 aliphatic heterocycles. The van der Waals surface area contributed by atoms with Crippen molar-refractivity contribution < 1.29 is 36.2 Å². The normalized spacial score (nSPS) is 17.8. The first-order valence-electron chi connectivity index (χ1n) is 4.41. The fourth-order valence-electron chi connectivity index (χ4n) is 1.01. The van der Waals surface area contributed by atoms with E-state index in [1.54, 1.807) is 0 Å². The smallest absolute Gasteiger partial charge is 0.425 e. The zero-order valence-electron chi connectivity index (χ0n) is 8.86. The highest BCUT2D eigenvalue weighted by Crippen LogP contribution is 2.40. The van der Waals surface area contributed by atoms with Gasteiger partial charge in [0.2, 0.25) is 0 Å². The maximum Gasteiger partial charge on any atom is 0.425 e. The van der Waals surface area contributed by atoms with Gasteiger partial charge in [-0.15, -0.1) is 0 Å². The van der Waals surface area contributed by atoms with E-state index >= 15 is 0 Å². The van der Waals surface area contributed by atoms with Crippen LogP contribution >= 0.6 is 0 Å². The molecule has 0 aromatic rings. The first-order chi connectivity index (χ1) is 7.40. The van der Waals surface area contributed by atoms with Gasteiger partial charge in [-0.25, -0.2) is 18.0 Å². The SMILES string of the molecule is CC(=CC(C)C(F)(F)C(F)C(F)(F)F)C(=O)O. The number of hydrogen-bond acceptors (Lipinski definition) is 1. The summed E-state index contributed by atoms with van der Waals surface area (Å²) >= 11 is 0. The lowest BCUT2D eigenvalue weighted by Gasteiger charge is -2.26. The van der Waals surface area contributed by atoms with Crippen molar-refractivity contribution >= 4 is 5.97 Å². The van der Waals surface area contributed by atoms with Crippen molar-refractivity contribution in [3.63, 3.8) is 0 Å². The molecule has 0 aromatic heterocycles. The van der Waals surface area contributed by atoms with Crippen molar-refractivity contribution in [2.75, 3.05) is 0 Å². The van der Waals surface area contributed by atoms with E-state index in [-0.39, 0.29) is 0 Å². The average molecular weight is 264 g/mol. The van der Waals surface area contributed by atoms with Crippen LogP contribution in [0.1, 0.15) is 13.8 Å². The van der Waals surface area contributed by atoms with E-state index in [2.05, 4.69) is 0 Å². The van der Waals surface area contributed by atoms with Gasteiger partial charge in [-0.1, -0.05) is 13.0 Å². The Morgan fingerprint density at radius 1 is 1.24 bits per heavy atom. The molecule has 0 heterocycles. The maximum absolute atomic E-state index is 13.0. The van der Waals surface area contributed by atoms with E-state index in [0.29, 0.717) is 13.0 Å². The van der Waals surface area contributed by atoms with Crippen LogP contribution in [-0.2, 0) is 4.79 Å². The third kappa shape index (κ3) is 3.94. The van der Waals surface area contributed by atoms with Gasteiger partial charge >= 0.3 is 12.1 Å². The number of aliphatic carboxylic acids is 1. The number of carboxylic acid groups (broad SMARTS) is 1. The summed E-state index contributed by atoms with van der Waals surface area (Å²) in [5.74, 6) is -8.46. The summed E-state index contributed by atoms with van der Waals surface area (Å²) in [5.41, 5.74) is -0.577. The molecule has 100 valence electrons. The van der Waals surface area contributed by atoms with Crippen LogP contribution in [0.15, 0.2) is 11.6 Å². The van der Waals surface area contributed by atoms with Gasteiger partial charge in [0.15, 0.2) is 0 Å². The van der Waals surface area contributed by atoms with Gasteiger partial charge in [-0.05, 0) is 6.92 Å². The summed E-state index contributed by atoms with van der Waals surface area (Å²) in [5, 5.41) is 8.37. The van der Waals surface area contributed by atoms with E-state index in [9.17, 15) is 31.1 Å². The standard InChI is InChI=1S/C9H10F6O2/c1-4(6(16)17)3-5(2)8(11,12)7(10)9(13,14)15/h3,5,7H,1-2H3,(H,16,17). The van der Waals surface area contributed by atoms with E-state index < -0.39 is 35.7 Å².